The van der Waals surface area contributed by atoms with E-state index in [0.717, 1.165) is 52.6 Å². The van der Waals surface area contributed by atoms with Crippen LogP contribution in [0.5, 0.6) is 0 Å². The summed E-state index contributed by atoms with van der Waals surface area (Å²) in [5.41, 5.74) is 3.69. The van der Waals surface area contributed by atoms with Crippen molar-refractivity contribution in [3.05, 3.63) is 69.8 Å². The lowest BCUT2D eigenvalue weighted by atomic mass is 10.1. The van der Waals surface area contributed by atoms with Crippen LogP contribution >= 0.6 is 11.3 Å². The summed E-state index contributed by atoms with van der Waals surface area (Å²) in [5, 5.41) is 14.7. The van der Waals surface area contributed by atoms with Gasteiger partial charge in [0.25, 0.3) is 0 Å². The predicted octanol–water partition coefficient (Wildman–Crippen LogP) is 4.24. The molecule has 7 nitrogen and oxygen atoms in total. The number of H-pyrrole nitrogens is 1. The van der Waals surface area contributed by atoms with Crippen molar-refractivity contribution in [3.8, 4) is 0 Å². The summed E-state index contributed by atoms with van der Waals surface area (Å²) in [4.78, 5) is 24.1. The first-order valence-electron chi connectivity index (χ1n) is 10.5. The molecule has 3 aromatic heterocycles. The number of rotatable bonds is 6. The molecule has 0 radical (unpaired) electrons. The van der Waals surface area contributed by atoms with Crippen molar-refractivity contribution in [1.29, 1.82) is 0 Å². The van der Waals surface area contributed by atoms with Gasteiger partial charge in [-0.1, -0.05) is 30.3 Å². The van der Waals surface area contributed by atoms with E-state index in [2.05, 4.69) is 32.6 Å². The van der Waals surface area contributed by atoms with Crippen LogP contribution in [0.4, 0.5) is 5.82 Å². The van der Waals surface area contributed by atoms with Crippen LogP contribution in [0.15, 0.2) is 47.8 Å². The lowest BCUT2D eigenvalue weighted by Crippen LogP contribution is -2.32. The summed E-state index contributed by atoms with van der Waals surface area (Å²) >= 11 is 1.58. The van der Waals surface area contributed by atoms with Crippen LogP contribution in [-0.4, -0.2) is 37.5 Å². The Hall–Kier alpha value is -3.26. The molecular weight excluding hydrogens is 408 g/mol. The lowest BCUT2D eigenvalue weighted by Gasteiger charge is -2.24. The molecule has 0 spiro atoms. The third-order valence-corrected chi connectivity index (χ3v) is 6.48. The predicted molar refractivity (Wildman–Crippen MR) is 122 cm³/mol. The highest BCUT2D eigenvalue weighted by Gasteiger charge is 2.31. The van der Waals surface area contributed by atoms with Crippen molar-refractivity contribution in [3.63, 3.8) is 0 Å². The zero-order valence-corrected chi connectivity index (χ0v) is 18.2. The highest BCUT2D eigenvalue weighted by atomic mass is 32.1. The number of likely N-dealkylation sites (tertiary alicyclic amines) is 1. The number of anilines is 1. The van der Waals surface area contributed by atoms with Crippen LogP contribution in [0.25, 0.3) is 11.0 Å². The fraction of sp³-hybridized carbons (Fsp3) is 0.304. The van der Waals surface area contributed by atoms with Crippen molar-refractivity contribution in [2.45, 2.75) is 38.8 Å². The first-order valence-corrected chi connectivity index (χ1v) is 11.4. The highest BCUT2D eigenvalue weighted by Crippen LogP contribution is 2.33. The maximum absolute atomic E-state index is 12.9. The number of thiazole rings is 1. The quantitative estimate of drug-likeness (QED) is 0.476. The van der Waals surface area contributed by atoms with Gasteiger partial charge in [0, 0.05) is 18.5 Å². The Kier molecular flexibility index (Phi) is 5.38. The first kappa shape index (κ1) is 19.7. The molecule has 1 aliphatic heterocycles. The molecule has 0 unspecified atom stereocenters. The average Bonchev–Trinajstić information content (AvgIpc) is 3.52. The van der Waals surface area contributed by atoms with Crippen LogP contribution in [0.1, 0.15) is 40.8 Å². The molecule has 158 valence electrons. The number of pyridine rings is 1. The number of nitrogens with zero attached hydrogens (tertiary/aromatic N) is 4. The van der Waals surface area contributed by atoms with Crippen molar-refractivity contribution >= 4 is 34.1 Å². The number of fused-ring (bicyclic) bond motifs is 1. The number of hydrogen-bond donors (Lipinski definition) is 2. The van der Waals surface area contributed by atoms with Gasteiger partial charge in [0.1, 0.15) is 0 Å². The Labute approximate surface area is 184 Å². The molecule has 1 aliphatic rings. The van der Waals surface area contributed by atoms with Crippen molar-refractivity contribution in [2.24, 2.45) is 0 Å². The molecular formula is C23H24N6OS. The number of aromatic nitrogens is 4. The molecule has 1 aromatic carbocycles. The number of amides is 1. The maximum atomic E-state index is 12.9. The van der Waals surface area contributed by atoms with Gasteiger partial charge in [-0.3, -0.25) is 9.89 Å². The lowest BCUT2D eigenvalue weighted by molar-refractivity contribution is -0.131. The molecule has 0 bridgehead atoms. The van der Waals surface area contributed by atoms with Crippen molar-refractivity contribution in [1.82, 2.24) is 25.1 Å². The zero-order chi connectivity index (χ0) is 21.2. The van der Waals surface area contributed by atoms with E-state index in [-0.39, 0.29) is 11.9 Å². The Morgan fingerprint density at radius 3 is 2.90 bits per heavy atom. The van der Waals surface area contributed by atoms with Crippen LogP contribution < -0.4 is 5.32 Å². The normalized spacial score (nSPS) is 16.2. The Morgan fingerprint density at radius 1 is 1.23 bits per heavy atom. The Bertz CT molecular complexity index is 1200. The van der Waals surface area contributed by atoms with E-state index in [9.17, 15) is 4.79 Å². The summed E-state index contributed by atoms with van der Waals surface area (Å²) in [6.07, 6.45) is 2.26. The SMILES string of the molecule is Cc1nc(CC(=O)N2CCC[C@H]2c2ccc3c(NCc4ccccc4)n[nH]c3n2)cs1. The van der Waals surface area contributed by atoms with Gasteiger partial charge < -0.3 is 10.2 Å². The summed E-state index contributed by atoms with van der Waals surface area (Å²) in [6, 6.07) is 14.3. The van der Waals surface area contributed by atoms with E-state index in [1.807, 2.05) is 47.5 Å². The number of carbonyl (C=O) groups is 1. The van der Waals surface area contributed by atoms with Crippen molar-refractivity contribution < 1.29 is 4.79 Å². The molecule has 1 amide bonds. The second-order valence-electron chi connectivity index (χ2n) is 7.82. The van der Waals surface area contributed by atoms with Crippen LogP contribution in [0, 0.1) is 6.92 Å². The standard InChI is InChI=1S/C23H24N6OS/c1-15-25-17(14-31-15)12-21(30)29-11-5-8-20(29)19-10-9-18-22(27-28-23(18)26-19)24-13-16-6-3-2-4-7-16/h2-4,6-7,9-10,14,20H,5,8,11-13H2,1H3,(H2,24,26,27,28)/t20-/m0/s1. The zero-order valence-electron chi connectivity index (χ0n) is 17.3. The highest BCUT2D eigenvalue weighted by molar-refractivity contribution is 7.09. The second-order valence-corrected chi connectivity index (χ2v) is 8.89. The fourth-order valence-corrected chi connectivity index (χ4v) is 4.75. The van der Waals surface area contributed by atoms with Crippen LogP contribution in [-0.2, 0) is 17.8 Å². The van der Waals surface area contributed by atoms with Gasteiger partial charge in [-0.05, 0) is 37.5 Å². The smallest absolute Gasteiger partial charge is 0.229 e. The minimum Gasteiger partial charge on any atom is -0.364 e. The fourth-order valence-electron chi connectivity index (χ4n) is 4.14. The van der Waals surface area contributed by atoms with E-state index in [1.54, 1.807) is 11.3 Å². The van der Waals surface area contributed by atoms with Gasteiger partial charge >= 0.3 is 0 Å². The van der Waals surface area contributed by atoms with E-state index in [1.165, 1.54) is 5.56 Å². The number of carbonyl (C=O) groups excluding carboxylic acids is 1. The van der Waals surface area contributed by atoms with Gasteiger partial charge in [-0.15, -0.1) is 11.3 Å². The molecule has 8 heteroatoms. The molecule has 4 heterocycles. The molecule has 5 rings (SSSR count). The molecule has 1 fully saturated rings. The minimum atomic E-state index is 0.000612. The third kappa shape index (κ3) is 4.16. The van der Waals surface area contributed by atoms with Gasteiger partial charge in [-0.2, -0.15) is 5.10 Å². The van der Waals surface area contributed by atoms with Crippen LogP contribution in [0.3, 0.4) is 0 Å². The largest absolute Gasteiger partial charge is 0.364 e. The molecule has 4 aromatic rings. The minimum absolute atomic E-state index is 0.000612. The van der Waals surface area contributed by atoms with E-state index in [4.69, 9.17) is 4.98 Å². The molecule has 2 N–H and O–H groups in total. The van der Waals surface area contributed by atoms with E-state index in [0.29, 0.717) is 13.0 Å². The summed E-state index contributed by atoms with van der Waals surface area (Å²) in [6.45, 7) is 3.42. The number of hydrogen-bond acceptors (Lipinski definition) is 6. The summed E-state index contributed by atoms with van der Waals surface area (Å²) in [7, 11) is 0. The Balaban J connectivity index is 1.32. The second kappa shape index (κ2) is 8.47. The molecule has 31 heavy (non-hydrogen) atoms. The number of benzene rings is 1. The number of aromatic amines is 1. The van der Waals surface area contributed by atoms with E-state index >= 15 is 0 Å². The van der Waals surface area contributed by atoms with Gasteiger partial charge in [-0.25, -0.2) is 9.97 Å². The van der Waals surface area contributed by atoms with Gasteiger partial charge in [0.2, 0.25) is 5.91 Å². The Morgan fingerprint density at radius 2 is 2.10 bits per heavy atom. The molecule has 1 saturated heterocycles. The number of nitrogens with one attached hydrogen (secondary N) is 2. The third-order valence-electron chi connectivity index (χ3n) is 5.66. The van der Waals surface area contributed by atoms with E-state index < -0.39 is 0 Å². The van der Waals surface area contributed by atoms with Gasteiger partial charge in [0.05, 0.1) is 34.2 Å². The van der Waals surface area contributed by atoms with Crippen molar-refractivity contribution in [2.75, 3.05) is 11.9 Å². The van der Waals surface area contributed by atoms with Gasteiger partial charge in [0.15, 0.2) is 11.5 Å². The number of aryl methyl sites for hydroxylation is 1. The van der Waals surface area contributed by atoms with Crippen LogP contribution in [0.2, 0.25) is 0 Å². The summed E-state index contributed by atoms with van der Waals surface area (Å²) < 4.78 is 0. The summed E-state index contributed by atoms with van der Waals surface area (Å²) in [5.74, 6) is 0.903. The first-order chi connectivity index (χ1) is 15.2. The molecule has 1 atom stereocenters. The monoisotopic (exact) mass is 432 g/mol. The molecule has 0 aliphatic carbocycles. The average molecular weight is 433 g/mol. The molecule has 0 saturated carbocycles. The maximum Gasteiger partial charge on any atom is 0.229 e. The topological polar surface area (TPSA) is 86.8 Å².